The lowest BCUT2D eigenvalue weighted by atomic mass is 9.93. The molecule has 0 radical (unpaired) electrons. The van der Waals surface area contributed by atoms with Gasteiger partial charge in [-0.15, -0.1) is 0 Å². The summed E-state index contributed by atoms with van der Waals surface area (Å²) in [5.41, 5.74) is 0. The molecule has 0 aromatic rings. The lowest BCUT2D eigenvalue weighted by molar-refractivity contribution is 0.152. The van der Waals surface area contributed by atoms with Crippen LogP contribution >= 0.6 is 0 Å². The van der Waals surface area contributed by atoms with Crippen molar-refractivity contribution in [3.05, 3.63) is 0 Å². The minimum Gasteiger partial charge on any atom is -0.314 e. The van der Waals surface area contributed by atoms with Crippen LogP contribution in [0, 0.1) is 5.92 Å². The molecule has 0 aromatic heterocycles. The molecule has 1 heterocycles. The summed E-state index contributed by atoms with van der Waals surface area (Å²) in [5, 5.41) is 3.77. The molecule has 3 atom stereocenters. The van der Waals surface area contributed by atoms with E-state index in [1.54, 1.807) is 0 Å². The summed E-state index contributed by atoms with van der Waals surface area (Å²) in [5.74, 6) is 0.864. The van der Waals surface area contributed by atoms with Crippen LogP contribution in [0.3, 0.4) is 0 Å². The van der Waals surface area contributed by atoms with Gasteiger partial charge in [-0.2, -0.15) is 0 Å². The van der Waals surface area contributed by atoms with Crippen LogP contribution in [0.5, 0.6) is 0 Å². The molecular formula is C17H35N3. The van der Waals surface area contributed by atoms with Crippen molar-refractivity contribution in [2.45, 2.75) is 64.5 Å². The van der Waals surface area contributed by atoms with Crippen molar-refractivity contribution in [1.29, 1.82) is 0 Å². The smallest absolute Gasteiger partial charge is 0.0194 e. The van der Waals surface area contributed by atoms with Crippen molar-refractivity contribution in [3.63, 3.8) is 0 Å². The van der Waals surface area contributed by atoms with Crippen molar-refractivity contribution in [2.75, 3.05) is 39.8 Å². The molecule has 0 bridgehead atoms. The molecular weight excluding hydrogens is 246 g/mol. The molecule has 20 heavy (non-hydrogen) atoms. The molecule has 2 rings (SSSR count). The van der Waals surface area contributed by atoms with Crippen molar-refractivity contribution in [3.8, 4) is 0 Å². The molecule has 0 spiro atoms. The summed E-state index contributed by atoms with van der Waals surface area (Å²) in [7, 11) is 2.27. The van der Waals surface area contributed by atoms with E-state index in [1.165, 1.54) is 64.7 Å². The first-order valence-electron chi connectivity index (χ1n) is 8.86. The summed E-state index contributed by atoms with van der Waals surface area (Å²) >= 11 is 0. The maximum Gasteiger partial charge on any atom is 0.0194 e. The zero-order valence-electron chi connectivity index (χ0n) is 13.9. The van der Waals surface area contributed by atoms with E-state index in [9.17, 15) is 0 Å². The largest absolute Gasteiger partial charge is 0.314 e. The summed E-state index contributed by atoms with van der Waals surface area (Å²) in [4.78, 5) is 5.27. The SMILES string of the molecule is CCNC1CCCCCC1CN1CCCN(C)CC1C. The topological polar surface area (TPSA) is 18.5 Å². The van der Waals surface area contributed by atoms with Crippen LogP contribution < -0.4 is 5.32 Å². The predicted molar refractivity (Wildman–Crippen MR) is 87.2 cm³/mol. The molecule has 2 fully saturated rings. The van der Waals surface area contributed by atoms with Gasteiger partial charge in [0.1, 0.15) is 0 Å². The van der Waals surface area contributed by atoms with E-state index in [2.05, 4.69) is 36.0 Å². The van der Waals surface area contributed by atoms with Gasteiger partial charge in [-0.3, -0.25) is 4.90 Å². The fourth-order valence-electron chi connectivity index (χ4n) is 4.13. The van der Waals surface area contributed by atoms with E-state index >= 15 is 0 Å². The Labute approximate surface area is 126 Å². The van der Waals surface area contributed by atoms with Gasteiger partial charge in [0.2, 0.25) is 0 Å². The van der Waals surface area contributed by atoms with Gasteiger partial charge in [0.15, 0.2) is 0 Å². The predicted octanol–water partition coefficient (Wildman–Crippen LogP) is 2.57. The molecule has 1 saturated carbocycles. The first-order chi connectivity index (χ1) is 9.70. The van der Waals surface area contributed by atoms with Gasteiger partial charge in [0.05, 0.1) is 0 Å². The number of nitrogens with zero attached hydrogens (tertiary/aromatic N) is 2. The van der Waals surface area contributed by atoms with E-state index in [0.29, 0.717) is 6.04 Å². The Morgan fingerprint density at radius 3 is 2.65 bits per heavy atom. The van der Waals surface area contributed by atoms with E-state index in [4.69, 9.17) is 0 Å². The van der Waals surface area contributed by atoms with Crippen LogP contribution in [-0.2, 0) is 0 Å². The van der Waals surface area contributed by atoms with Crippen LogP contribution in [0.25, 0.3) is 0 Å². The van der Waals surface area contributed by atoms with Crippen molar-refractivity contribution < 1.29 is 0 Å². The monoisotopic (exact) mass is 281 g/mol. The zero-order valence-corrected chi connectivity index (χ0v) is 13.9. The van der Waals surface area contributed by atoms with Gasteiger partial charge in [-0.25, -0.2) is 0 Å². The highest BCUT2D eigenvalue weighted by molar-refractivity contribution is 4.84. The van der Waals surface area contributed by atoms with E-state index in [1.807, 2.05) is 0 Å². The Kier molecular flexibility index (Phi) is 6.79. The van der Waals surface area contributed by atoms with Gasteiger partial charge < -0.3 is 10.2 Å². The first kappa shape index (κ1) is 16.3. The highest BCUT2D eigenvalue weighted by Gasteiger charge is 2.28. The number of nitrogens with one attached hydrogen (secondary N) is 1. The number of rotatable bonds is 4. The Morgan fingerprint density at radius 2 is 1.85 bits per heavy atom. The van der Waals surface area contributed by atoms with Gasteiger partial charge in [0, 0.05) is 25.2 Å². The molecule has 3 unspecified atom stereocenters. The lowest BCUT2D eigenvalue weighted by Gasteiger charge is -2.34. The van der Waals surface area contributed by atoms with E-state index in [0.717, 1.165) is 18.5 Å². The van der Waals surface area contributed by atoms with Crippen LogP contribution in [-0.4, -0.2) is 61.7 Å². The fraction of sp³-hybridized carbons (Fsp3) is 1.00. The second-order valence-corrected chi connectivity index (χ2v) is 7.02. The summed E-state index contributed by atoms with van der Waals surface area (Å²) in [6.07, 6.45) is 8.45. The molecule has 1 aliphatic carbocycles. The molecule has 0 amide bonds. The summed E-state index contributed by atoms with van der Waals surface area (Å²) in [6.45, 7) is 10.9. The second-order valence-electron chi connectivity index (χ2n) is 7.02. The van der Waals surface area contributed by atoms with Crippen LogP contribution in [0.15, 0.2) is 0 Å². The van der Waals surface area contributed by atoms with Crippen LogP contribution in [0.2, 0.25) is 0 Å². The van der Waals surface area contributed by atoms with Crippen molar-refractivity contribution in [1.82, 2.24) is 15.1 Å². The van der Waals surface area contributed by atoms with Gasteiger partial charge in [0.25, 0.3) is 0 Å². The third-order valence-corrected chi connectivity index (χ3v) is 5.28. The maximum atomic E-state index is 3.77. The van der Waals surface area contributed by atoms with Crippen LogP contribution in [0.4, 0.5) is 0 Å². The first-order valence-corrected chi connectivity index (χ1v) is 8.86. The maximum absolute atomic E-state index is 3.77. The summed E-state index contributed by atoms with van der Waals surface area (Å²) in [6, 6.07) is 1.48. The second kappa shape index (κ2) is 8.35. The standard InChI is InChI=1S/C17H35N3/c1-4-18-17-10-7-5-6-9-16(17)14-20-12-8-11-19(3)13-15(20)2/h15-18H,4-14H2,1-3H3. The molecule has 2 aliphatic rings. The third kappa shape index (κ3) is 4.71. The highest BCUT2D eigenvalue weighted by atomic mass is 15.2. The number of likely N-dealkylation sites (N-methyl/N-ethyl adjacent to an activating group) is 1. The van der Waals surface area contributed by atoms with Gasteiger partial charge in [-0.05, 0) is 58.8 Å². The van der Waals surface area contributed by atoms with E-state index in [-0.39, 0.29) is 0 Å². The van der Waals surface area contributed by atoms with E-state index < -0.39 is 0 Å². The van der Waals surface area contributed by atoms with Gasteiger partial charge in [-0.1, -0.05) is 26.2 Å². The van der Waals surface area contributed by atoms with Crippen molar-refractivity contribution >= 4 is 0 Å². The third-order valence-electron chi connectivity index (χ3n) is 5.28. The Morgan fingerprint density at radius 1 is 1.05 bits per heavy atom. The average molecular weight is 281 g/mol. The lowest BCUT2D eigenvalue weighted by Crippen LogP contribution is -2.46. The molecule has 1 N–H and O–H groups in total. The fourth-order valence-corrected chi connectivity index (χ4v) is 4.13. The Bertz CT molecular complexity index is 269. The molecule has 1 saturated heterocycles. The van der Waals surface area contributed by atoms with Crippen molar-refractivity contribution in [2.24, 2.45) is 5.92 Å². The minimum atomic E-state index is 0.716. The number of hydrogen-bond donors (Lipinski definition) is 1. The normalized spacial score (nSPS) is 34.6. The average Bonchev–Trinajstić information content (AvgIpc) is 2.71. The Balaban J connectivity index is 1.93. The molecule has 3 heteroatoms. The van der Waals surface area contributed by atoms with Gasteiger partial charge >= 0.3 is 0 Å². The molecule has 3 nitrogen and oxygen atoms in total. The summed E-state index contributed by atoms with van der Waals surface area (Å²) < 4.78 is 0. The Hall–Kier alpha value is -0.120. The molecule has 0 aromatic carbocycles. The molecule has 118 valence electrons. The highest BCUT2D eigenvalue weighted by Crippen LogP contribution is 2.25. The minimum absolute atomic E-state index is 0.716. The molecule has 1 aliphatic heterocycles. The zero-order chi connectivity index (χ0) is 14.4. The quantitative estimate of drug-likeness (QED) is 0.799. The van der Waals surface area contributed by atoms with Crippen LogP contribution in [0.1, 0.15) is 52.4 Å². The number of hydrogen-bond acceptors (Lipinski definition) is 3.